The van der Waals surface area contributed by atoms with Gasteiger partial charge in [-0.25, -0.2) is 0 Å². The first-order chi connectivity index (χ1) is 9.97. The van der Waals surface area contributed by atoms with Gasteiger partial charge in [0.1, 0.15) is 0 Å². The average Bonchev–Trinajstić information content (AvgIpc) is 2.38. The highest BCUT2D eigenvalue weighted by Gasteiger charge is 2.13. The number of carbonyl (C=O) groups is 1. The molecular weight excluding hydrogens is 260 g/mol. The summed E-state index contributed by atoms with van der Waals surface area (Å²) in [6.45, 7) is 12.2. The highest BCUT2D eigenvalue weighted by atomic mass is 16.2. The minimum atomic E-state index is 0.174. The predicted molar refractivity (Wildman–Crippen MR) is 90.3 cm³/mol. The molecule has 0 fully saturated rings. The van der Waals surface area contributed by atoms with Crippen LogP contribution in [0.1, 0.15) is 59.8 Å². The fourth-order valence-corrected chi connectivity index (χ4v) is 2.99. The van der Waals surface area contributed by atoms with E-state index in [4.69, 9.17) is 0 Å². The Morgan fingerprint density at radius 3 is 2.38 bits per heavy atom. The van der Waals surface area contributed by atoms with E-state index in [0.717, 1.165) is 26.1 Å². The molecule has 3 heteroatoms. The van der Waals surface area contributed by atoms with E-state index in [-0.39, 0.29) is 5.91 Å². The van der Waals surface area contributed by atoms with Crippen molar-refractivity contribution >= 4 is 5.91 Å². The molecule has 0 aromatic carbocycles. The Balaban J connectivity index is 2.27. The van der Waals surface area contributed by atoms with Gasteiger partial charge >= 0.3 is 0 Å². The first-order valence-electron chi connectivity index (χ1n) is 8.64. The van der Waals surface area contributed by atoms with E-state index in [2.05, 4.69) is 44.0 Å². The number of carbonyl (C=O) groups excluding carboxylic acids is 1. The largest absolute Gasteiger partial charge is 0.355 e. The molecule has 1 amide bonds. The number of nitrogens with zero attached hydrogens (tertiary/aromatic N) is 1. The highest BCUT2D eigenvalue weighted by molar-refractivity contribution is 5.78. The molecule has 1 rings (SSSR count). The topological polar surface area (TPSA) is 32.3 Å². The van der Waals surface area contributed by atoms with Crippen LogP contribution in [0.15, 0.2) is 11.6 Å². The van der Waals surface area contributed by atoms with Crippen molar-refractivity contribution in [2.75, 3.05) is 26.2 Å². The summed E-state index contributed by atoms with van der Waals surface area (Å²) in [5.41, 5.74) is 1.53. The van der Waals surface area contributed by atoms with E-state index in [0.29, 0.717) is 18.4 Å². The lowest BCUT2D eigenvalue weighted by atomic mass is 9.97. The zero-order valence-electron chi connectivity index (χ0n) is 14.5. The van der Waals surface area contributed by atoms with Crippen LogP contribution in [0.25, 0.3) is 0 Å². The zero-order chi connectivity index (χ0) is 15.7. The van der Waals surface area contributed by atoms with Crippen LogP contribution in [-0.2, 0) is 4.79 Å². The van der Waals surface area contributed by atoms with Crippen molar-refractivity contribution in [2.45, 2.75) is 59.8 Å². The second-order valence-electron chi connectivity index (χ2n) is 7.19. The molecule has 0 spiro atoms. The van der Waals surface area contributed by atoms with Crippen LogP contribution in [0.2, 0.25) is 0 Å². The average molecular weight is 294 g/mol. The van der Waals surface area contributed by atoms with E-state index in [1.165, 1.54) is 31.3 Å². The highest BCUT2D eigenvalue weighted by Crippen LogP contribution is 2.19. The third kappa shape index (κ3) is 8.92. The van der Waals surface area contributed by atoms with Crippen molar-refractivity contribution in [1.29, 1.82) is 0 Å². The number of hydrogen-bond acceptors (Lipinski definition) is 2. The smallest absolute Gasteiger partial charge is 0.234 e. The Labute approximate surface area is 131 Å². The molecular formula is C18H34N2O. The maximum absolute atomic E-state index is 12.1. The van der Waals surface area contributed by atoms with Crippen molar-refractivity contribution in [3.8, 4) is 0 Å². The Morgan fingerprint density at radius 1 is 1.19 bits per heavy atom. The van der Waals surface area contributed by atoms with Gasteiger partial charge in [-0.15, -0.1) is 0 Å². The van der Waals surface area contributed by atoms with Gasteiger partial charge in [0.15, 0.2) is 0 Å². The summed E-state index contributed by atoms with van der Waals surface area (Å²) in [6.07, 6.45) is 8.48. The molecule has 0 aromatic heterocycles. The minimum Gasteiger partial charge on any atom is -0.355 e. The SMILES string of the molecule is CC(C)CN(CC(=O)NCCC1=CCCCC1)CC(C)C. The lowest BCUT2D eigenvalue weighted by Crippen LogP contribution is -2.41. The standard InChI is InChI=1S/C18H34N2O/c1-15(2)12-20(13-16(3)4)14-18(21)19-11-10-17-8-6-5-7-9-17/h8,15-16H,5-7,9-14H2,1-4H3,(H,19,21). The Kier molecular flexibility index (Phi) is 8.67. The molecule has 0 saturated carbocycles. The molecule has 0 saturated heterocycles. The third-order valence-corrected chi connectivity index (χ3v) is 3.77. The van der Waals surface area contributed by atoms with Gasteiger partial charge in [0.05, 0.1) is 6.54 Å². The quantitative estimate of drug-likeness (QED) is 0.659. The molecule has 1 aliphatic rings. The molecule has 21 heavy (non-hydrogen) atoms. The van der Waals surface area contributed by atoms with Gasteiger partial charge < -0.3 is 5.32 Å². The normalized spacial score (nSPS) is 15.7. The van der Waals surface area contributed by atoms with Crippen molar-refractivity contribution in [3.05, 3.63) is 11.6 Å². The first-order valence-corrected chi connectivity index (χ1v) is 8.64. The summed E-state index contributed by atoms with van der Waals surface area (Å²) < 4.78 is 0. The molecule has 1 N–H and O–H groups in total. The van der Waals surface area contributed by atoms with Crippen LogP contribution >= 0.6 is 0 Å². The Hall–Kier alpha value is -0.830. The second-order valence-corrected chi connectivity index (χ2v) is 7.19. The van der Waals surface area contributed by atoms with E-state index in [1.54, 1.807) is 0 Å². The number of hydrogen-bond donors (Lipinski definition) is 1. The van der Waals surface area contributed by atoms with E-state index in [9.17, 15) is 4.79 Å². The van der Waals surface area contributed by atoms with Crippen molar-refractivity contribution in [3.63, 3.8) is 0 Å². The molecule has 0 unspecified atom stereocenters. The fraction of sp³-hybridized carbons (Fsp3) is 0.833. The van der Waals surface area contributed by atoms with E-state index < -0.39 is 0 Å². The van der Waals surface area contributed by atoms with Gasteiger partial charge in [-0.1, -0.05) is 39.3 Å². The van der Waals surface area contributed by atoms with Gasteiger partial charge in [-0.05, 0) is 43.9 Å². The summed E-state index contributed by atoms with van der Waals surface area (Å²) in [5.74, 6) is 1.38. The molecule has 0 atom stereocenters. The molecule has 3 nitrogen and oxygen atoms in total. The van der Waals surface area contributed by atoms with Crippen molar-refractivity contribution < 1.29 is 4.79 Å². The summed E-state index contributed by atoms with van der Waals surface area (Å²) in [5, 5.41) is 3.09. The van der Waals surface area contributed by atoms with E-state index >= 15 is 0 Å². The van der Waals surface area contributed by atoms with Gasteiger partial charge in [0, 0.05) is 19.6 Å². The maximum atomic E-state index is 12.1. The zero-order valence-corrected chi connectivity index (χ0v) is 14.5. The van der Waals surface area contributed by atoms with E-state index in [1.807, 2.05) is 0 Å². The molecule has 0 aromatic rings. The van der Waals surface area contributed by atoms with Gasteiger partial charge in [-0.2, -0.15) is 0 Å². The minimum absolute atomic E-state index is 0.174. The molecule has 0 heterocycles. The summed E-state index contributed by atoms with van der Waals surface area (Å²) >= 11 is 0. The second kappa shape index (κ2) is 9.99. The first kappa shape index (κ1) is 18.2. The number of allylic oxidation sites excluding steroid dienone is 1. The van der Waals surface area contributed by atoms with Crippen molar-refractivity contribution in [2.24, 2.45) is 11.8 Å². The Morgan fingerprint density at radius 2 is 1.86 bits per heavy atom. The Bertz CT molecular complexity index is 324. The van der Waals surface area contributed by atoms with Crippen LogP contribution in [0.3, 0.4) is 0 Å². The number of nitrogens with one attached hydrogen (secondary N) is 1. The monoisotopic (exact) mass is 294 g/mol. The fourth-order valence-electron chi connectivity index (χ4n) is 2.99. The third-order valence-electron chi connectivity index (χ3n) is 3.77. The molecule has 1 aliphatic carbocycles. The van der Waals surface area contributed by atoms with Gasteiger partial charge in [0.2, 0.25) is 5.91 Å². The van der Waals surface area contributed by atoms with Crippen LogP contribution in [0, 0.1) is 11.8 Å². The van der Waals surface area contributed by atoms with Crippen LogP contribution in [0.5, 0.6) is 0 Å². The molecule has 0 bridgehead atoms. The lowest BCUT2D eigenvalue weighted by Gasteiger charge is -2.25. The molecule has 0 radical (unpaired) electrons. The van der Waals surface area contributed by atoms with Crippen LogP contribution in [0.4, 0.5) is 0 Å². The summed E-state index contributed by atoms with van der Waals surface area (Å²) in [7, 11) is 0. The van der Waals surface area contributed by atoms with Gasteiger partial charge in [-0.3, -0.25) is 9.69 Å². The summed E-state index contributed by atoms with van der Waals surface area (Å²) in [6, 6.07) is 0. The predicted octanol–water partition coefficient (Wildman–Crippen LogP) is 3.61. The maximum Gasteiger partial charge on any atom is 0.234 e. The lowest BCUT2D eigenvalue weighted by molar-refractivity contribution is -0.122. The van der Waals surface area contributed by atoms with Crippen molar-refractivity contribution in [1.82, 2.24) is 10.2 Å². The van der Waals surface area contributed by atoms with Crippen LogP contribution < -0.4 is 5.32 Å². The van der Waals surface area contributed by atoms with Crippen LogP contribution in [-0.4, -0.2) is 37.0 Å². The molecule has 0 aliphatic heterocycles. The number of rotatable bonds is 9. The number of amides is 1. The summed E-state index contributed by atoms with van der Waals surface area (Å²) in [4.78, 5) is 14.4. The van der Waals surface area contributed by atoms with Gasteiger partial charge in [0.25, 0.3) is 0 Å². The molecule has 122 valence electrons.